The van der Waals surface area contributed by atoms with Gasteiger partial charge in [0.25, 0.3) is 0 Å². The Morgan fingerprint density at radius 2 is 2.10 bits per heavy atom. The lowest BCUT2D eigenvalue weighted by atomic mass is 9.75. The van der Waals surface area contributed by atoms with Crippen LogP contribution in [0.25, 0.3) is 5.57 Å². The number of nitrogens with zero attached hydrogens (tertiary/aromatic N) is 1. The number of Topliss-reactive ketones (excluding diaryl/α,β-unsaturated/α-hetero) is 1. The topological polar surface area (TPSA) is 40.9 Å². The molecule has 0 fully saturated rings. The predicted octanol–water partition coefficient (Wildman–Crippen LogP) is 4.41. The van der Waals surface area contributed by atoms with Crippen LogP contribution in [0.2, 0.25) is 0 Å². The van der Waals surface area contributed by atoms with Gasteiger partial charge in [-0.05, 0) is 24.1 Å². The standard InChI is InChI=1S/C16H12BrClFNO/c1-10(21)12-7-14(18)16(19,9-17)13(8-20)15(12)11-5-3-2-4-6-11/h2-7,13H,9H2,1H3. The SMILES string of the molecule is CC(=O)C1=C(c2ccccc2)C(C#N)C(F)(CBr)C(Cl)=C1. The molecule has 0 bridgehead atoms. The summed E-state index contributed by atoms with van der Waals surface area (Å²) >= 11 is 9.09. The summed E-state index contributed by atoms with van der Waals surface area (Å²) in [5, 5.41) is 9.22. The van der Waals surface area contributed by atoms with Gasteiger partial charge in [-0.2, -0.15) is 5.26 Å². The Balaban J connectivity index is 2.77. The number of rotatable bonds is 3. The lowest BCUT2D eigenvalue weighted by molar-refractivity contribution is -0.113. The molecule has 1 aliphatic carbocycles. The number of hydrogen-bond acceptors (Lipinski definition) is 2. The van der Waals surface area contributed by atoms with Gasteiger partial charge in [-0.15, -0.1) is 0 Å². The van der Waals surface area contributed by atoms with Crippen LogP contribution >= 0.6 is 27.5 Å². The van der Waals surface area contributed by atoms with Crippen LogP contribution < -0.4 is 0 Å². The number of benzene rings is 1. The monoisotopic (exact) mass is 367 g/mol. The van der Waals surface area contributed by atoms with Crippen LogP contribution in [0.1, 0.15) is 12.5 Å². The van der Waals surface area contributed by atoms with Crippen molar-refractivity contribution in [2.75, 3.05) is 5.33 Å². The molecule has 0 amide bonds. The van der Waals surface area contributed by atoms with Gasteiger partial charge >= 0.3 is 0 Å². The van der Waals surface area contributed by atoms with Crippen LogP contribution in [0.5, 0.6) is 0 Å². The molecule has 0 spiro atoms. The van der Waals surface area contributed by atoms with Crippen LogP contribution in [0.15, 0.2) is 47.0 Å². The summed E-state index contributed by atoms with van der Waals surface area (Å²) in [6.07, 6.45) is 1.33. The first-order valence-corrected chi connectivity index (χ1v) is 7.78. The van der Waals surface area contributed by atoms with E-state index in [0.717, 1.165) is 0 Å². The van der Waals surface area contributed by atoms with Crippen molar-refractivity contribution in [3.8, 4) is 6.07 Å². The van der Waals surface area contributed by atoms with E-state index >= 15 is 4.39 Å². The maximum Gasteiger partial charge on any atom is 0.175 e. The molecule has 21 heavy (non-hydrogen) atoms. The molecule has 0 saturated heterocycles. The normalized spacial score (nSPS) is 25.3. The molecule has 0 aliphatic heterocycles. The Labute approximate surface area is 136 Å². The molecule has 0 radical (unpaired) electrons. The summed E-state index contributed by atoms with van der Waals surface area (Å²) in [6.45, 7) is 1.38. The van der Waals surface area contributed by atoms with Crippen molar-refractivity contribution in [1.29, 1.82) is 5.26 Å². The van der Waals surface area contributed by atoms with Gasteiger partial charge in [0.05, 0.1) is 11.1 Å². The van der Waals surface area contributed by atoms with Crippen molar-refractivity contribution in [3.05, 3.63) is 52.6 Å². The molecule has 2 atom stereocenters. The highest BCUT2D eigenvalue weighted by Crippen LogP contribution is 2.47. The molecular formula is C16H12BrClFNO. The fourth-order valence-electron chi connectivity index (χ4n) is 2.39. The third-order valence-corrected chi connectivity index (χ3v) is 4.73. The Bertz CT molecular complexity index is 677. The Kier molecular flexibility index (Phi) is 4.65. The summed E-state index contributed by atoms with van der Waals surface area (Å²) in [4.78, 5) is 11.9. The Morgan fingerprint density at radius 1 is 1.48 bits per heavy atom. The molecule has 1 aliphatic rings. The van der Waals surface area contributed by atoms with Crippen molar-refractivity contribution in [2.45, 2.75) is 12.6 Å². The van der Waals surface area contributed by atoms with Crippen molar-refractivity contribution in [3.63, 3.8) is 0 Å². The van der Waals surface area contributed by atoms with Crippen LogP contribution in [-0.4, -0.2) is 16.8 Å². The van der Waals surface area contributed by atoms with E-state index in [2.05, 4.69) is 15.9 Å². The number of carbonyl (C=O) groups excluding carboxylic acids is 1. The highest BCUT2D eigenvalue weighted by molar-refractivity contribution is 9.09. The quantitative estimate of drug-likeness (QED) is 0.742. The zero-order valence-corrected chi connectivity index (χ0v) is 13.6. The zero-order valence-electron chi connectivity index (χ0n) is 11.2. The molecule has 1 aromatic carbocycles. The smallest absolute Gasteiger partial charge is 0.175 e. The Hall–Kier alpha value is -1.44. The minimum absolute atomic E-state index is 0.116. The van der Waals surface area contributed by atoms with Crippen molar-refractivity contribution >= 4 is 38.9 Å². The first-order valence-electron chi connectivity index (χ1n) is 6.28. The minimum Gasteiger partial charge on any atom is -0.294 e. The highest BCUT2D eigenvalue weighted by Gasteiger charge is 2.48. The molecule has 0 N–H and O–H groups in total. The van der Waals surface area contributed by atoms with E-state index in [1.54, 1.807) is 24.3 Å². The number of allylic oxidation sites excluding steroid dienone is 4. The van der Waals surface area contributed by atoms with Gasteiger partial charge in [0.15, 0.2) is 11.5 Å². The van der Waals surface area contributed by atoms with E-state index in [-0.39, 0.29) is 21.7 Å². The van der Waals surface area contributed by atoms with Gasteiger partial charge in [0.1, 0.15) is 5.92 Å². The molecule has 108 valence electrons. The maximum atomic E-state index is 15.1. The summed E-state index contributed by atoms with van der Waals surface area (Å²) in [5.41, 5.74) is -0.720. The van der Waals surface area contributed by atoms with E-state index in [0.29, 0.717) is 11.1 Å². The number of nitriles is 1. The summed E-state index contributed by atoms with van der Waals surface area (Å²) in [5.74, 6) is -1.39. The Morgan fingerprint density at radius 3 is 2.57 bits per heavy atom. The predicted molar refractivity (Wildman–Crippen MR) is 84.7 cm³/mol. The second-order valence-corrected chi connectivity index (χ2v) is 5.77. The third kappa shape index (κ3) is 2.68. The van der Waals surface area contributed by atoms with Crippen molar-refractivity contribution in [2.24, 2.45) is 5.92 Å². The molecule has 0 aromatic heterocycles. The van der Waals surface area contributed by atoms with Crippen LogP contribution in [0.3, 0.4) is 0 Å². The fourth-order valence-corrected chi connectivity index (χ4v) is 3.46. The van der Waals surface area contributed by atoms with Gasteiger partial charge in [-0.1, -0.05) is 57.9 Å². The van der Waals surface area contributed by atoms with Crippen LogP contribution in [0, 0.1) is 17.2 Å². The maximum absolute atomic E-state index is 15.1. The summed E-state index contributed by atoms with van der Waals surface area (Å²) in [6, 6.07) is 10.9. The largest absolute Gasteiger partial charge is 0.294 e. The van der Waals surface area contributed by atoms with Crippen LogP contribution in [-0.2, 0) is 4.79 Å². The van der Waals surface area contributed by atoms with Crippen LogP contribution in [0.4, 0.5) is 4.39 Å². The zero-order chi connectivity index (χ0) is 15.6. The number of hydrogen-bond donors (Lipinski definition) is 0. The van der Waals surface area contributed by atoms with Gasteiger partial charge in [0, 0.05) is 10.9 Å². The van der Waals surface area contributed by atoms with E-state index in [1.807, 2.05) is 12.1 Å². The average molecular weight is 369 g/mol. The molecule has 2 unspecified atom stereocenters. The van der Waals surface area contributed by atoms with Crippen molar-refractivity contribution in [1.82, 2.24) is 0 Å². The first-order chi connectivity index (χ1) is 9.95. The minimum atomic E-state index is -2.04. The second-order valence-electron chi connectivity index (χ2n) is 4.80. The van der Waals surface area contributed by atoms with Gasteiger partial charge < -0.3 is 0 Å². The molecule has 0 heterocycles. The number of halogens is 3. The van der Waals surface area contributed by atoms with Gasteiger partial charge in [-0.25, -0.2) is 4.39 Å². The molecule has 0 saturated carbocycles. The molecule has 2 nitrogen and oxygen atoms in total. The number of carbonyl (C=O) groups is 1. The third-order valence-electron chi connectivity index (χ3n) is 3.49. The highest BCUT2D eigenvalue weighted by atomic mass is 79.9. The van der Waals surface area contributed by atoms with Gasteiger partial charge in [-0.3, -0.25) is 4.79 Å². The first kappa shape index (κ1) is 15.9. The molecule has 5 heteroatoms. The van der Waals surface area contributed by atoms with Crippen molar-refractivity contribution < 1.29 is 9.18 Å². The average Bonchev–Trinajstić information content (AvgIpc) is 2.49. The molecule has 2 rings (SSSR count). The lowest BCUT2D eigenvalue weighted by Crippen LogP contribution is -2.38. The number of ketones is 1. The van der Waals surface area contributed by atoms with E-state index in [4.69, 9.17) is 11.6 Å². The summed E-state index contributed by atoms with van der Waals surface area (Å²) < 4.78 is 15.1. The van der Waals surface area contributed by atoms with Gasteiger partial charge in [0.2, 0.25) is 0 Å². The van der Waals surface area contributed by atoms with E-state index in [9.17, 15) is 10.1 Å². The number of alkyl halides is 2. The van der Waals surface area contributed by atoms with E-state index in [1.165, 1.54) is 13.0 Å². The van der Waals surface area contributed by atoms with E-state index < -0.39 is 11.6 Å². The second kappa shape index (κ2) is 6.13. The summed E-state index contributed by atoms with van der Waals surface area (Å²) in [7, 11) is 0. The molecule has 1 aromatic rings. The fraction of sp³-hybridized carbons (Fsp3) is 0.250. The lowest BCUT2D eigenvalue weighted by Gasteiger charge is -2.34. The molecular weight excluding hydrogens is 357 g/mol.